The fraction of sp³-hybridized carbons (Fsp3) is 0.944. The van der Waals surface area contributed by atoms with Crippen molar-refractivity contribution in [3.05, 3.63) is 0 Å². The first-order chi connectivity index (χ1) is 11.6. The lowest BCUT2D eigenvalue weighted by molar-refractivity contribution is -0.235. The van der Waals surface area contributed by atoms with Crippen LogP contribution in [0.15, 0.2) is 0 Å². The van der Waals surface area contributed by atoms with Crippen molar-refractivity contribution in [2.75, 3.05) is 6.61 Å². The van der Waals surface area contributed by atoms with Gasteiger partial charge in [-0.2, -0.15) is 0 Å². The Hall–Kier alpha value is -0.730. The lowest BCUT2D eigenvalue weighted by Crippen LogP contribution is -2.45. The van der Waals surface area contributed by atoms with Crippen LogP contribution in [0, 0.1) is 5.92 Å². The normalized spacial score (nSPS) is 40.0. The summed E-state index contributed by atoms with van der Waals surface area (Å²) < 4.78 is 35.2. The minimum absolute atomic E-state index is 0.169. The zero-order chi connectivity index (χ0) is 18.4. The van der Waals surface area contributed by atoms with Crippen LogP contribution in [0.4, 0.5) is 0 Å². The summed E-state index contributed by atoms with van der Waals surface area (Å²) >= 11 is 0. The van der Waals surface area contributed by atoms with Crippen molar-refractivity contribution in [1.29, 1.82) is 0 Å². The van der Waals surface area contributed by atoms with Gasteiger partial charge in [0, 0.05) is 0 Å². The van der Waals surface area contributed by atoms with Crippen molar-refractivity contribution in [3.8, 4) is 0 Å². The predicted octanol–water partition coefficient (Wildman–Crippen LogP) is 2.36. The molecule has 0 aromatic rings. The van der Waals surface area contributed by atoms with E-state index >= 15 is 0 Å². The van der Waals surface area contributed by atoms with Crippen LogP contribution in [0.5, 0.6) is 0 Å². The monoisotopic (exact) mass is 358 g/mol. The second-order valence-electron chi connectivity index (χ2n) is 8.03. The zero-order valence-corrected chi connectivity index (χ0v) is 15.9. The summed E-state index contributed by atoms with van der Waals surface area (Å²) in [6.07, 6.45) is -0.740. The molecule has 3 aliphatic rings. The second kappa shape index (κ2) is 6.78. The Morgan fingerprint density at radius 3 is 2.44 bits per heavy atom. The summed E-state index contributed by atoms with van der Waals surface area (Å²) in [6.45, 7) is 11.6. The largest absolute Gasteiger partial charge is 0.456 e. The Kier molecular flexibility index (Phi) is 5.16. The van der Waals surface area contributed by atoms with Crippen molar-refractivity contribution in [1.82, 2.24) is 0 Å². The van der Waals surface area contributed by atoms with Crippen LogP contribution in [-0.2, 0) is 33.2 Å². The number of carbonyl (C=O) groups excluding carboxylic acids is 1. The van der Waals surface area contributed by atoms with E-state index in [1.54, 1.807) is 0 Å². The molecule has 0 aromatic carbocycles. The Balaban J connectivity index is 1.74. The van der Waals surface area contributed by atoms with Gasteiger partial charge < -0.3 is 28.4 Å². The second-order valence-corrected chi connectivity index (χ2v) is 8.03. The van der Waals surface area contributed by atoms with Gasteiger partial charge in [-0.15, -0.1) is 0 Å². The van der Waals surface area contributed by atoms with Crippen LogP contribution in [-0.4, -0.2) is 54.9 Å². The molecule has 7 nitrogen and oxygen atoms in total. The van der Waals surface area contributed by atoms with Gasteiger partial charge in [-0.3, -0.25) is 4.79 Å². The molecule has 0 aromatic heterocycles. The van der Waals surface area contributed by atoms with Crippen LogP contribution in [0.2, 0.25) is 0 Å². The molecule has 6 atom stereocenters. The van der Waals surface area contributed by atoms with E-state index in [0.717, 1.165) is 12.8 Å². The highest BCUT2D eigenvalue weighted by atomic mass is 16.8. The number of esters is 1. The highest BCUT2D eigenvalue weighted by molar-refractivity contribution is 5.72. The standard InChI is InChI=1S/C18H30O7/c1-7-8-10(2)15(19)21-13-12(11-9-20-17(3,4)23-11)22-16-14(13)24-18(5,6)25-16/h10-14,16H,7-9H2,1-6H3/t10-,11-,12+,13-,14-,16-/m1/s1. The van der Waals surface area contributed by atoms with Gasteiger partial charge in [-0.05, 0) is 34.1 Å². The van der Waals surface area contributed by atoms with Crippen LogP contribution < -0.4 is 0 Å². The highest BCUT2D eigenvalue weighted by Crippen LogP contribution is 2.42. The zero-order valence-electron chi connectivity index (χ0n) is 15.9. The average Bonchev–Trinajstić information content (AvgIpc) is 3.10. The fourth-order valence-electron chi connectivity index (χ4n) is 3.62. The van der Waals surface area contributed by atoms with Crippen molar-refractivity contribution in [3.63, 3.8) is 0 Å². The minimum Gasteiger partial charge on any atom is -0.456 e. The smallest absolute Gasteiger partial charge is 0.309 e. The average molecular weight is 358 g/mol. The fourth-order valence-corrected chi connectivity index (χ4v) is 3.62. The Morgan fingerprint density at radius 2 is 1.84 bits per heavy atom. The van der Waals surface area contributed by atoms with Gasteiger partial charge in [0.2, 0.25) is 0 Å². The number of rotatable bonds is 5. The van der Waals surface area contributed by atoms with Gasteiger partial charge in [0.1, 0.15) is 12.2 Å². The third-order valence-corrected chi connectivity index (χ3v) is 4.80. The topological polar surface area (TPSA) is 72.5 Å². The molecule has 3 heterocycles. The maximum absolute atomic E-state index is 12.5. The van der Waals surface area contributed by atoms with E-state index in [2.05, 4.69) is 0 Å². The molecular weight excluding hydrogens is 328 g/mol. The lowest BCUT2D eigenvalue weighted by Gasteiger charge is -2.29. The summed E-state index contributed by atoms with van der Waals surface area (Å²) in [5.74, 6) is -1.87. The number of fused-ring (bicyclic) bond motifs is 1. The molecular formula is C18H30O7. The highest BCUT2D eigenvalue weighted by Gasteiger charge is 2.60. The molecule has 0 N–H and O–H groups in total. The van der Waals surface area contributed by atoms with Crippen LogP contribution in [0.1, 0.15) is 54.4 Å². The molecule has 3 rings (SSSR count). The van der Waals surface area contributed by atoms with Crippen LogP contribution in [0.25, 0.3) is 0 Å². The maximum atomic E-state index is 12.5. The molecule has 3 aliphatic heterocycles. The van der Waals surface area contributed by atoms with Gasteiger partial charge in [0.15, 0.2) is 30.1 Å². The first-order valence-corrected chi connectivity index (χ1v) is 9.15. The Labute approximate surface area is 149 Å². The molecule has 0 bridgehead atoms. The van der Waals surface area contributed by atoms with Crippen molar-refractivity contribution in [2.45, 2.75) is 96.7 Å². The molecule has 0 amide bonds. The van der Waals surface area contributed by atoms with Gasteiger partial charge in [0.25, 0.3) is 0 Å². The SMILES string of the molecule is CCC[C@@H](C)C(=O)O[C@@H]1[C@H]([C@H]2COC(C)(C)O2)O[C@@H]2OC(C)(C)O[C@@H]21. The Bertz CT molecular complexity index is 504. The van der Waals surface area contributed by atoms with E-state index in [-0.39, 0.29) is 18.0 Å². The van der Waals surface area contributed by atoms with Gasteiger partial charge in [-0.25, -0.2) is 0 Å². The number of carbonyl (C=O) groups is 1. The van der Waals surface area contributed by atoms with Gasteiger partial charge >= 0.3 is 5.97 Å². The molecule has 0 radical (unpaired) electrons. The van der Waals surface area contributed by atoms with E-state index in [4.69, 9.17) is 28.4 Å². The summed E-state index contributed by atoms with van der Waals surface area (Å²) in [4.78, 5) is 12.5. The van der Waals surface area contributed by atoms with Crippen molar-refractivity contribution >= 4 is 5.97 Å². The summed E-state index contributed by atoms with van der Waals surface area (Å²) in [6, 6.07) is 0. The molecule has 0 saturated carbocycles. The van der Waals surface area contributed by atoms with Gasteiger partial charge in [0.05, 0.1) is 12.5 Å². The molecule has 0 unspecified atom stereocenters. The third-order valence-electron chi connectivity index (χ3n) is 4.80. The molecule has 0 spiro atoms. The molecule has 144 valence electrons. The molecule has 7 heteroatoms. The molecule has 3 saturated heterocycles. The number of ether oxygens (including phenoxy) is 6. The van der Waals surface area contributed by atoms with Crippen molar-refractivity contribution < 1.29 is 33.2 Å². The van der Waals surface area contributed by atoms with E-state index in [0.29, 0.717) is 6.61 Å². The quantitative estimate of drug-likeness (QED) is 0.699. The van der Waals surface area contributed by atoms with E-state index in [9.17, 15) is 4.79 Å². The maximum Gasteiger partial charge on any atom is 0.309 e. The van der Waals surface area contributed by atoms with E-state index < -0.39 is 36.2 Å². The predicted molar refractivity (Wildman–Crippen MR) is 87.6 cm³/mol. The van der Waals surface area contributed by atoms with E-state index in [1.165, 1.54) is 0 Å². The number of hydrogen-bond donors (Lipinski definition) is 0. The van der Waals surface area contributed by atoms with E-state index in [1.807, 2.05) is 41.5 Å². The number of hydrogen-bond acceptors (Lipinski definition) is 7. The van der Waals surface area contributed by atoms with Crippen LogP contribution in [0.3, 0.4) is 0 Å². The third kappa shape index (κ3) is 4.01. The first kappa shape index (κ1) is 19.0. The molecule has 0 aliphatic carbocycles. The first-order valence-electron chi connectivity index (χ1n) is 9.15. The van der Waals surface area contributed by atoms with Crippen LogP contribution >= 0.6 is 0 Å². The lowest BCUT2D eigenvalue weighted by atomic mass is 10.0. The Morgan fingerprint density at radius 1 is 1.12 bits per heavy atom. The van der Waals surface area contributed by atoms with Crippen molar-refractivity contribution in [2.24, 2.45) is 5.92 Å². The minimum atomic E-state index is -0.772. The summed E-state index contributed by atoms with van der Waals surface area (Å²) in [7, 11) is 0. The summed E-state index contributed by atoms with van der Waals surface area (Å²) in [5.41, 5.74) is 0. The summed E-state index contributed by atoms with van der Waals surface area (Å²) in [5, 5.41) is 0. The van der Waals surface area contributed by atoms with Gasteiger partial charge in [-0.1, -0.05) is 20.3 Å². The molecule has 25 heavy (non-hydrogen) atoms. The molecule has 3 fully saturated rings.